The molecule has 0 radical (unpaired) electrons. The highest BCUT2D eigenvalue weighted by Gasteiger charge is 2.22. The Morgan fingerprint density at radius 2 is 2.21 bits per heavy atom. The van der Waals surface area contributed by atoms with Gasteiger partial charge in [-0.2, -0.15) is 0 Å². The summed E-state index contributed by atoms with van der Waals surface area (Å²) in [6, 6.07) is 0. The molecule has 76 valence electrons. The highest BCUT2D eigenvalue weighted by Crippen LogP contribution is 2.18. The smallest absolute Gasteiger partial charge is 0.219 e. The SMILES string of the molecule is CC(=O)N1CCc2c(nc(C)n2C)C1. The number of carbonyl (C=O) groups excluding carboxylic acids is 1. The van der Waals surface area contributed by atoms with Crippen molar-refractivity contribution in [2.24, 2.45) is 7.05 Å². The van der Waals surface area contributed by atoms with E-state index < -0.39 is 0 Å². The Morgan fingerprint density at radius 1 is 1.50 bits per heavy atom. The maximum atomic E-state index is 11.2. The lowest BCUT2D eigenvalue weighted by molar-refractivity contribution is -0.129. The fraction of sp³-hybridized carbons (Fsp3) is 0.600. The van der Waals surface area contributed by atoms with Crippen molar-refractivity contribution in [3.8, 4) is 0 Å². The van der Waals surface area contributed by atoms with E-state index in [1.54, 1.807) is 6.92 Å². The second-order valence-corrected chi connectivity index (χ2v) is 3.80. The van der Waals surface area contributed by atoms with Gasteiger partial charge in [-0.1, -0.05) is 0 Å². The molecule has 1 amide bonds. The van der Waals surface area contributed by atoms with Crippen LogP contribution in [0.2, 0.25) is 0 Å². The number of aromatic nitrogens is 2. The molecule has 0 atom stereocenters. The van der Waals surface area contributed by atoms with Crippen molar-refractivity contribution in [3.05, 3.63) is 17.2 Å². The summed E-state index contributed by atoms with van der Waals surface area (Å²) in [5.41, 5.74) is 2.34. The molecule has 0 fully saturated rings. The van der Waals surface area contributed by atoms with Crippen molar-refractivity contribution in [2.45, 2.75) is 26.8 Å². The van der Waals surface area contributed by atoms with Gasteiger partial charge in [-0.05, 0) is 6.92 Å². The van der Waals surface area contributed by atoms with Crippen LogP contribution in [0.5, 0.6) is 0 Å². The van der Waals surface area contributed by atoms with Gasteiger partial charge in [-0.15, -0.1) is 0 Å². The van der Waals surface area contributed by atoms with E-state index in [-0.39, 0.29) is 5.91 Å². The van der Waals surface area contributed by atoms with Crippen LogP contribution in [-0.4, -0.2) is 26.9 Å². The predicted octanol–water partition coefficient (Wildman–Crippen LogP) is 0.633. The van der Waals surface area contributed by atoms with Crippen molar-refractivity contribution in [1.82, 2.24) is 14.5 Å². The summed E-state index contributed by atoms with van der Waals surface area (Å²) in [5, 5.41) is 0. The van der Waals surface area contributed by atoms with Crippen LogP contribution in [-0.2, 0) is 24.8 Å². The molecule has 0 bridgehead atoms. The van der Waals surface area contributed by atoms with E-state index in [0.29, 0.717) is 6.54 Å². The topological polar surface area (TPSA) is 38.1 Å². The summed E-state index contributed by atoms with van der Waals surface area (Å²) < 4.78 is 2.12. The quantitative estimate of drug-likeness (QED) is 0.606. The summed E-state index contributed by atoms with van der Waals surface area (Å²) in [6.07, 6.45) is 0.923. The Bertz CT molecular complexity index is 381. The van der Waals surface area contributed by atoms with Crippen LogP contribution in [0.15, 0.2) is 0 Å². The molecule has 0 aliphatic carbocycles. The van der Waals surface area contributed by atoms with Gasteiger partial charge in [0.05, 0.1) is 12.2 Å². The lowest BCUT2D eigenvalue weighted by atomic mass is 10.1. The lowest BCUT2D eigenvalue weighted by Gasteiger charge is -2.25. The van der Waals surface area contributed by atoms with Crippen LogP contribution in [0.3, 0.4) is 0 Å². The minimum absolute atomic E-state index is 0.138. The minimum atomic E-state index is 0.138. The summed E-state index contributed by atoms with van der Waals surface area (Å²) >= 11 is 0. The van der Waals surface area contributed by atoms with E-state index in [1.807, 2.05) is 18.9 Å². The number of nitrogens with zero attached hydrogens (tertiary/aromatic N) is 3. The first-order chi connectivity index (χ1) is 6.59. The molecule has 0 aromatic carbocycles. The molecular formula is C10H15N3O. The van der Waals surface area contributed by atoms with Gasteiger partial charge in [0.25, 0.3) is 0 Å². The van der Waals surface area contributed by atoms with Gasteiger partial charge < -0.3 is 9.47 Å². The van der Waals surface area contributed by atoms with Crippen LogP contribution < -0.4 is 0 Å². The second-order valence-electron chi connectivity index (χ2n) is 3.80. The average Bonchev–Trinajstić information content (AvgIpc) is 2.42. The van der Waals surface area contributed by atoms with Crippen LogP contribution in [0.1, 0.15) is 24.1 Å². The van der Waals surface area contributed by atoms with E-state index >= 15 is 0 Å². The highest BCUT2D eigenvalue weighted by molar-refractivity contribution is 5.73. The van der Waals surface area contributed by atoms with Gasteiger partial charge in [-0.3, -0.25) is 4.79 Å². The van der Waals surface area contributed by atoms with Gasteiger partial charge in [-0.25, -0.2) is 4.98 Å². The standard InChI is InChI=1S/C10H15N3O/c1-7-11-9-6-13(8(2)14)5-4-10(9)12(7)3/h4-6H2,1-3H3. The predicted molar refractivity (Wildman–Crippen MR) is 52.7 cm³/mol. The summed E-state index contributed by atoms with van der Waals surface area (Å²) in [5.74, 6) is 1.17. The molecule has 0 unspecified atom stereocenters. The summed E-state index contributed by atoms with van der Waals surface area (Å²) in [6.45, 7) is 5.10. The molecule has 0 saturated carbocycles. The fourth-order valence-electron chi connectivity index (χ4n) is 1.93. The Labute approximate surface area is 83.5 Å². The Kier molecular flexibility index (Phi) is 2.06. The van der Waals surface area contributed by atoms with E-state index in [1.165, 1.54) is 5.69 Å². The molecule has 2 heterocycles. The monoisotopic (exact) mass is 193 g/mol. The Morgan fingerprint density at radius 3 is 2.86 bits per heavy atom. The number of imidazole rings is 1. The maximum absolute atomic E-state index is 11.2. The van der Waals surface area contributed by atoms with Gasteiger partial charge in [0, 0.05) is 32.6 Å². The zero-order valence-corrected chi connectivity index (χ0v) is 8.87. The molecule has 1 aromatic rings. The third-order valence-corrected chi connectivity index (χ3v) is 2.92. The number of rotatable bonds is 0. The third-order valence-electron chi connectivity index (χ3n) is 2.92. The van der Waals surface area contributed by atoms with Crippen LogP contribution in [0.25, 0.3) is 0 Å². The number of aryl methyl sites for hydroxylation is 1. The molecule has 4 nitrogen and oxygen atoms in total. The number of amides is 1. The number of carbonyl (C=O) groups is 1. The molecule has 1 aliphatic heterocycles. The largest absolute Gasteiger partial charge is 0.337 e. The zero-order valence-electron chi connectivity index (χ0n) is 8.87. The van der Waals surface area contributed by atoms with E-state index in [2.05, 4.69) is 9.55 Å². The number of hydrogen-bond acceptors (Lipinski definition) is 2. The van der Waals surface area contributed by atoms with Crippen LogP contribution in [0, 0.1) is 6.92 Å². The first-order valence-electron chi connectivity index (χ1n) is 4.86. The minimum Gasteiger partial charge on any atom is -0.337 e. The van der Waals surface area contributed by atoms with Gasteiger partial charge in [0.1, 0.15) is 5.82 Å². The molecule has 0 saturated heterocycles. The zero-order chi connectivity index (χ0) is 10.3. The van der Waals surface area contributed by atoms with Gasteiger partial charge >= 0.3 is 0 Å². The van der Waals surface area contributed by atoms with E-state index in [0.717, 1.165) is 24.5 Å². The van der Waals surface area contributed by atoms with Crippen molar-refractivity contribution < 1.29 is 4.79 Å². The molecular weight excluding hydrogens is 178 g/mol. The van der Waals surface area contributed by atoms with Crippen LogP contribution in [0.4, 0.5) is 0 Å². The fourth-order valence-corrected chi connectivity index (χ4v) is 1.93. The van der Waals surface area contributed by atoms with Crippen LogP contribution >= 0.6 is 0 Å². The van der Waals surface area contributed by atoms with Crippen molar-refractivity contribution in [1.29, 1.82) is 0 Å². The number of hydrogen-bond donors (Lipinski definition) is 0. The van der Waals surface area contributed by atoms with E-state index in [9.17, 15) is 4.79 Å². The molecule has 1 aromatic heterocycles. The lowest BCUT2D eigenvalue weighted by Crippen LogP contribution is -2.34. The maximum Gasteiger partial charge on any atom is 0.219 e. The molecule has 0 spiro atoms. The highest BCUT2D eigenvalue weighted by atomic mass is 16.2. The van der Waals surface area contributed by atoms with Crippen molar-refractivity contribution >= 4 is 5.91 Å². The third kappa shape index (κ3) is 1.31. The normalized spacial score (nSPS) is 15.5. The molecule has 1 aliphatic rings. The van der Waals surface area contributed by atoms with Crippen molar-refractivity contribution in [3.63, 3.8) is 0 Å². The second kappa shape index (κ2) is 3.12. The molecule has 14 heavy (non-hydrogen) atoms. The van der Waals surface area contributed by atoms with Gasteiger partial charge in [0.2, 0.25) is 5.91 Å². The number of fused-ring (bicyclic) bond motifs is 1. The Balaban J connectivity index is 2.31. The van der Waals surface area contributed by atoms with E-state index in [4.69, 9.17) is 0 Å². The average molecular weight is 193 g/mol. The first-order valence-corrected chi connectivity index (χ1v) is 4.86. The molecule has 2 rings (SSSR count). The first kappa shape index (κ1) is 9.24. The summed E-state index contributed by atoms with van der Waals surface area (Å²) in [7, 11) is 2.03. The van der Waals surface area contributed by atoms with Gasteiger partial charge in [0.15, 0.2) is 0 Å². The Hall–Kier alpha value is -1.32. The molecule has 0 N–H and O–H groups in total. The summed E-state index contributed by atoms with van der Waals surface area (Å²) in [4.78, 5) is 17.5. The van der Waals surface area contributed by atoms with Crippen molar-refractivity contribution in [2.75, 3.05) is 6.54 Å². The molecule has 4 heteroatoms.